The summed E-state index contributed by atoms with van der Waals surface area (Å²) in [5, 5.41) is 9.09. The minimum Gasteiger partial charge on any atom is -0.478 e. The number of nitrogens with zero attached hydrogens (tertiary/aromatic N) is 1. The average molecular weight is 283 g/mol. The molecule has 1 atom stereocenters. The molecular formula is C13H17NO4S. The first-order valence-electron chi connectivity index (χ1n) is 6.16. The first kappa shape index (κ1) is 14.0. The average Bonchev–Trinajstić information content (AvgIpc) is 3.21. The van der Waals surface area contributed by atoms with E-state index in [0.29, 0.717) is 5.92 Å². The Morgan fingerprint density at radius 2 is 1.95 bits per heavy atom. The Morgan fingerprint density at radius 3 is 2.47 bits per heavy atom. The summed E-state index contributed by atoms with van der Waals surface area (Å²) in [5.74, 6) is -0.844. The van der Waals surface area contributed by atoms with E-state index in [2.05, 4.69) is 0 Å². The summed E-state index contributed by atoms with van der Waals surface area (Å²) in [6, 6.07) is 5.61. The van der Waals surface area contributed by atoms with Gasteiger partial charge in [0.05, 0.1) is 10.5 Å². The molecule has 0 aliphatic heterocycles. The normalized spacial score (nSPS) is 17.4. The zero-order valence-corrected chi connectivity index (χ0v) is 11.7. The molecule has 2 rings (SSSR count). The molecule has 19 heavy (non-hydrogen) atoms. The van der Waals surface area contributed by atoms with E-state index in [-0.39, 0.29) is 16.5 Å². The molecule has 5 nitrogen and oxygen atoms in total. The van der Waals surface area contributed by atoms with Gasteiger partial charge in [-0.3, -0.25) is 0 Å². The highest BCUT2D eigenvalue weighted by Gasteiger charge is 2.37. The van der Waals surface area contributed by atoms with Gasteiger partial charge in [-0.05, 0) is 37.8 Å². The third kappa shape index (κ3) is 2.64. The molecular weight excluding hydrogens is 266 g/mol. The number of sulfonamides is 1. The molecule has 0 spiro atoms. The van der Waals surface area contributed by atoms with E-state index in [0.717, 1.165) is 12.8 Å². The molecule has 1 aliphatic carbocycles. The zero-order chi connectivity index (χ0) is 14.2. The zero-order valence-electron chi connectivity index (χ0n) is 10.9. The second kappa shape index (κ2) is 4.94. The van der Waals surface area contributed by atoms with Gasteiger partial charge in [-0.15, -0.1) is 0 Å². The summed E-state index contributed by atoms with van der Waals surface area (Å²) in [4.78, 5) is 11.0. The second-order valence-electron chi connectivity index (χ2n) is 4.90. The predicted molar refractivity (Wildman–Crippen MR) is 70.5 cm³/mol. The highest BCUT2D eigenvalue weighted by atomic mass is 32.2. The topological polar surface area (TPSA) is 74.7 Å². The summed E-state index contributed by atoms with van der Waals surface area (Å²) in [6.45, 7) is 1.86. The lowest BCUT2D eigenvalue weighted by Gasteiger charge is -2.24. The standard InChI is InChI=1S/C13H17NO4S/c1-9(10-7-8-10)14(2)19(17,18)12-6-4-3-5-11(12)13(15)16/h3-6,9-10H,7-8H2,1-2H3,(H,15,16). The van der Waals surface area contributed by atoms with Crippen LogP contribution in [0.15, 0.2) is 29.2 Å². The van der Waals surface area contributed by atoms with Crippen molar-refractivity contribution in [2.45, 2.75) is 30.7 Å². The smallest absolute Gasteiger partial charge is 0.337 e. The quantitative estimate of drug-likeness (QED) is 0.894. The molecule has 0 radical (unpaired) electrons. The highest BCUT2D eigenvalue weighted by Crippen LogP contribution is 2.36. The Kier molecular flexibility index (Phi) is 3.64. The van der Waals surface area contributed by atoms with E-state index in [1.165, 1.54) is 35.6 Å². The molecule has 0 amide bonds. The fourth-order valence-electron chi connectivity index (χ4n) is 2.12. The third-order valence-electron chi connectivity index (χ3n) is 3.65. The van der Waals surface area contributed by atoms with E-state index in [1.54, 1.807) is 0 Å². The van der Waals surface area contributed by atoms with Crippen LogP contribution >= 0.6 is 0 Å². The molecule has 104 valence electrons. The number of aromatic carboxylic acids is 1. The second-order valence-corrected chi connectivity index (χ2v) is 6.87. The van der Waals surface area contributed by atoms with E-state index >= 15 is 0 Å². The molecule has 0 bridgehead atoms. The Hall–Kier alpha value is -1.40. The van der Waals surface area contributed by atoms with Crippen LogP contribution in [0.2, 0.25) is 0 Å². The van der Waals surface area contributed by atoms with Crippen LogP contribution in [0.3, 0.4) is 0 Å². The van der Waals surface area contributed by atoms with Gasteiger partial charge in [0.15, 0.2) is 0 Å². The van der Waals surface area contributed by atoms with Crippen molar-refractivity contribution in [3.8, 4) is 0 Å². The molecule has 6 heteroatoms. The summed E-state index contributed by atoms with van der Waals surface area (Å²) < 4.78 is 26.3. The van der Waals surface area contributed by atoms with Gasteiger partial charge in [0, 0.05) is 13.1 Å². The third-order valence-corrected chi connectivity index (χ3v) is 5.65. The maximum absolute atomic E-state index is 12.5. The van der Waals surface area contributed by atoms with Crippen molar-refractivity contribution in [1.29, 1.82) is 0 Å². The lowest BCUT2D eigenvalue weighted by Crippen LogP contribution is -2.37. The Labute approximate surface area is 112 Å². The molecule has 1 aliphatic rings. The van der Waals surface area contributed by atoms with Crippen molar-refractivity contribution in [2.24, 2.45) is 5.92 Å². The molecule has 1 saturated carbocycles. The van der Waals surface area contributed by atoms with Crippen molar-refractivity contribution in [2.75, 3.05) is 7.05 Å². The van der Waals surface area contributed by atoms with E-state index in [4.69, 9.17) is 5.11 Å². The van der Waals surface area contributed by atoms with Crippen LogP contribution in [-0.4, -0.2) is 36.9 Å². The lowest BCUT2D eigenvalue weighted by molar-refractivity contribution is 0.0692. The van der Waals surface area contributed by atoms with Gasteiger partial charge in [-0.25, -0.2) is 13.2 Å². The van der Waals surface area contributed by atoms with E-state index in [1.807, 2.05) is 6.92 Å². The van der Waals surface area contributed by atoms with Crippen molar-refractivity contribution in [3.05, 3.63) is 29.8 Å². The lowest BCUT2D eigenvalue weighted by atomic mass is 10.2. The van der Waals surface area contributed by atoms with Crippen LogP contribution in [0.25, 0.3) is 0 Å². The van der Waals surface area contributed by atoms with Gasteiger partial charge < -0.3 is 5.11 Å². The fraction of sp³-hybridized carbons (Fsp3) is 0.462. The van der Waals surface area contributed by atoms with Crippen molar-refractivity contribution in [3.63, 3.8) is 0 Å². The first-order chi connectivity index (χ1) is 8.85. The van der Waals surface area contributed by atoms with Gasteiger partial charge in [0.2, 0.25) is 10.0 Å². The Bertz CT molecular complexity index is 592. The minimum absolute atomic E-state index is 0.105. The molecule has 0 heterocycles. The largest absolute Gasteiger partial charge is 0.478 e. The van der Waals surface area contributed by atoms with Gasteiger partial charge in [-0.2, -0.15) is 4.31 Å². The Balaban J connectivity index is 2.41. The minimum atomic E-state index is -3.77. The van der Waals surface area contributed by atoms with Crippen LogP contribution in [0.4, 0.5) is 0 Å². The molecule has 1 aromatic carbocycles. The predicted octanol–water partition coefficient (Wildman–Crippen LogP) is 1.80. The van der Waals surface area contributed by atoms with Crippen LogP contribution < -0.4 is 0 Å². The van der Waals surface area contributed by atoms with Crippen LogP contribution in [0.1, 0.15) is 30.1 Å². The molecule has 1 aromatic rings. The van der Waals surface area contributed by atoms with E-state index < -0.39 is 16.0 Å². The summed E-state index contributed by atoms with van der Waals surface area (Å²) in [5.41, 5.74) is -0.183. The van der Waals surface area contributed by atoms with Gasteiger partial charge in [-0.1, -0.05) is 12.1 Å². The van der Waals surface area contributed by atoms with Gasteiger partial charge in [0.1, 0.15) is 0 Å². The van der Waals surface area contributed by atoms with Crippen LogP contribution in [-0.2, 0) is 10.0 Å². The number of rotatable bonds is 5. The maximum atomic E-state index is 12.5. The monoisotopic (exact) mass is 283 g/mol. The Morgan fingerprint density at radius 1 is 1.37 bits per heavy atom. The molecule has 1 unspecified atom stereocenters. The summed E-state index contributed by atoms with van der Waals surface area (Å²) in [7, 11) is -2.26. The van der Waals surface area contributed by atoms with Crippen LogP contribution in [0.5, 0.6) is 0 Å². The number of carboxylic acids is 1. The SMILES string of the molecule is CC(C1CC1)N(C)S(=O)(=O)c1ccccc1C(=O)O. The number of hydrogen-bond acceptors (Lipinski definition) is 3. The van der Waals surface area contributed by atoms with Crippen molar-refractivity contribution >= 4 is 16.0 Å². The summed E-state index contributed by atoms with van der Waals surface area (Å²) >= 11 is 0. The van der Waals surface area contributed by atoms with Crippen molar-refractivity contribution in [1.82, 2.24) is 4.31 Å². The van der Waals surface area contributed by atoms with Crippen LogP contribution in [0, 0.1) is 5.92 Å². The molecule has 0 saturated heterocycles. The van der Waals surface area contributed by atoms with Crippen molar-refractivity contribution < 1.29 is 18.3 Å². The molecule has 0 aromatic heterocycles. The fourth-order valence-corrected chi connectivity index (χ4v) is 3.72. The number of benzene rings is 1. The van der Waals surface area contributed by atoms with Gasteiger partial charge in [0.25, 0.3) is 0 Å². The molecule has 1 fully saturated rings. The number of hydrogen-bond donors (Lipinski definition) is 1. The first-order valence-corrected chi connectivity index (χ1v) is 7.60. The maximum Gasteiger partial charge on any atom is 0.337 e. The van der Waals surface area contributed by atoms with Gasteiger partial charge >= 0.3 is 5.97 Å². The summed E-state index contributed by atoms with van der Waals surface area (Å²) in [6.07, 6.45) is 2.06. The van der Waals surface area contributed by atoms with E-state index in [9.17, 15) is 13.2 Å². The highest BCUT2D eigenvalue weighted by molar-refractivity contribution is 7.89. The number of carbonyl (C=O) groups is 1. The number of carboxylic acid groups (broad SMARTS) is 1. The molecule has 1 N–H and O–H groups in total.